The first-order chi connectivity index (χ1) is 23.3. The number of fused-ring (bicyclic) bond motifs is 2. The molecule has 14 nitrogen and oxygen atoms in total. The molecule has 4 aromatic rings. The number of imidazole rings is 1. The fourth-order valence-electron chi connectivity index (χ4n) is 5.77. The van der Waals surface area contributed by atoms with Gasteiger partial charge in [0.25, 0.3) is 5.91 Å². The van der Waals surface area contributed by atoms with E-state index in [1.807, 2.05) is 29.8 Å². The molecule has 2 aromatic heterocycles. The molecule has 2 fully saturated rings. The molecule has 2 aliphatic heterocycles. The van der Waals surface area contributed by atoms with Gasteiger partial charge in [-0.15, -0.1) is 0 Å². The molecule has 6 rings (SSSR count). The average molecular weight is 656 g/mol. The van der Waals surface area contributed by atoms with Crippen molar-refractivity contribution in [3.63, 3.8) is 0 Å². The van der Waals surface area contributed by atoms with Crippen LogP contribution in [-0.2, 0) is 37.3 Å². The first-order valence-corrected chi connectivity index (χ1v) is 15.8. The third-order valence-corrected chi connectivity index (χ3v) is 8.32. The largest absolute Gasteiger partial charge is 0.466 e. The van der Waals surface area contributed by atoms with E-state index in [9.17, 15) is 14.4 Å². The summed E-state index contributed by atoms with van der Waals surface area (Å²) in [5, 5.41) is 3.35. The molecule has 0 bridgehead atoms. The number of nitrogens with one attached hydrogen (secondary N) is 1. The molecular weight excluding hydrogens is 618 g/mol. The minimum Gasteiger partial charge on any atom is -0.466 e. The van der Waals surface area contributed by atoms with Crippen LogP contribution < -0.4 is 16.0 Å². The predicted octanol–water partition coefficient (Wildman–Crippen LogP) is 3.78. The number of esters is 1. The highest BCUT2D eigenvalue weighted by molar-refractivity contribution is 6.07. The Morgan fingerprint density at radius 3 is 2.69 bits per heavy atom. The molecule has 2 saturated heterocycles. The lowest BCUT2D eigenvalue weighted by molar-refractivity contribution is -0.142. The minimum absolute atomic E-state index is 0.0215. The van der Waals surface area contributed by atoms with Gasteiger partial charge >= 0.3 is 12.1 Å². The molecule has 0 unspecified atom stereocenters. The van der Waals surface area contributed by atoms with Gasteiger partial charge in [-0.2, -0.15) is 4.99 Å². The molecule has 2 amide bonds. The number of amidine groups is 1. The van der Waals surface area contributed by atoms with Gasteiger partial charge in [0.05, 0.1) is 49.7 Å². The van der Waals surface area contributed by atoms with Crippen LogP contribution in [-0.4, -0.2) is 77.1 Å². The normalized spacial score (nSPS) is 18.8. The summed E-state index contributed by atoms with van der Waals surface area (Å²) in [6.45, 7) is 3.40. The zero-order valence-corrected chi connectivity index (χ0v) is 26.7. The molecule has 2 aliphatic rings. The van der Waals surface area contributed by atoms with Gasteiger partial charge in [-0.1, -0.05) is 6.07 Å². The second-order valence-electron chi connectivity index (χ2n) is 11.4. The number of nitrogens with zero attached hydrogens (tertiary/aromatic N) is 5. The number of aliphatic imine (C=N–C) groups is 1. The first kappa shape index (κ1) is 32.6. The number of aryl methyl sites for hydroxylation is 1. The van der Waals surface area contributed by atoms with Crippen LogP contribution in [0.15, 0.2) is 71.9 Å². The number of amides is 2. The molecule has 14 heteroatoms. The van der Waals surface area contributed by atoms with Crippen molar-refractivity contribution < 1.29 is 33.3 Å². The Bertz CT molecular complexity index is 1810. The van der Waals surface area contributed by atoms with Crippen molar-refractivity contribution in [1.29, 1.82) is 0 Å². The Morgan fingerprint density at radius 1 is 1.10 bits per heavy atom. The highest BCUT2D eigenvalue weighted by Crippen LogP contribution is 2.33. The number of nitrogens with two attached hydrogens (primary N) is 1. The number of benzene rings is 2. The van der Waals surface area contributed by atoms with Gasteiger partial charge in [-0.05, 0) is 67.9 Å². The van der Waals surface area contributed by atoms with Crippen LogP contribution in [0.5, 0.6) is 0 Å². The number of hydrogen-bond donors (Lipinski definition) is 2. The van der Waals surface area contributed by atoms with Gasteiger partial charge in [-0.3, -0.25) is 14.5 Å². The van der Waals surface area contributed by atoms with Gasteiger partial charge in [0.2, 0.25) is 0 Å². The van der Waals surface area contributed by atoms with Crippen LogP contribution in [0.4, 0.5) is 16.3 Å². The summed E-state index contributed by atoms with van der Waals surface area (Å²) in [5.41, 5.74) is 9.39. The number of carbonyl (C=O) groups excluding carboxylic acids is 3. The van der Waals surface area contributed by atoms with Crippen molar-refractivity contribution in [1.82, 2.24) is 14.5 Å². The van der Waals surface area contributed by atoms with Gasteiger partial charge in [0, 0.05) is 36.6 Å². The molecule has 2 aromatic carbocycles. The molecule has 3 atom stereocenters. The number of carbonyl (C=O) groups is 3. The zero-order chi connectivity index (χ0) is 33.6. The second kappa shape index (κ2) is 14.6. The first-order valence-electron chi connectivity index (χ1n) is 15.8. The Hall–Kier alpha value is -5.34. The summed E-state index contributed by atoms with van der Waals surface area (Å²) in [5.74, 6) is 0.570. The number of anilines is 2. The summed E-state index contributed by atoms with van der Waals surface area (Å²) >= 11 is 0. The molecule has 3 N–H and O–H groups in total. The van der Waals surface area contributed by atoms with Crippen LogP contribution in [0.1, 0.15) is 41.5 Å². The molecule has 0 aliphatic carbocycles. The standard InChI is InChI=1S/C34H37N7O7/c1-3-45-30(42)13-16-41(28-6-4-5-15-36-28)32(43)22-9-12-26-25(18-22)38-29(40(26)2)19-37-23-10-7-21(8-11-23)31(35)39-34(44)48-27-20-47-33-24(27)14-17-46-33/h4-12,15,18,24,27,33,37H,3,13-14,16-17,19-20H2,1-2H3,(H2,35,39,44)/t24-,27+,33+/m1/s1. The SMILES string of the molecule is CCOC(=O)CCN(C(=O)c1ccc2c(c1)nc(CNc1ccc(/C(N)=N/C(=O)O[C@H]3CO[C@@H]4OCC[C@@H]43)cc1)n2C)c1ccccn1. The molecule has 0 radical (unpaired) electrons. The highest BCUT2D eigenvalue weighted by atomic mass is 16.7. The van der Waals surface area contributed by atoms with Crippen LogP contribution >= 0.6 is 0 Å². The van der Waals surface area contributed by atoms with E-state index in [0.717, 1.165) is 23.4 Å². The summed E-state index contributed by atoms with van der Waals surface area (Å²) in [6, 6.07) is 17.8. The third kappa shape index (κ3) is 7.29. The van der Waals surface area contributed by atoms with Crippen LogP contribution in [0.3, 0.4) is 0 Å². The van der Waals surface area contributed by atoms with Crippen LogP contribution in [0.2, 0.25) is 0 Å². The van der Waals surface area contributed by atoms with E-state index >= 15 is 0 Å². The van der Waals surface area contributed by atoms with E-state index in [0.29, 0.717) is 35.6 Å². The van der Waals surface area contributed by atoms with E-state index in [-0.39, 0.29) is 56.1 Å². The second-order valence-corrected chi connectivity index (χ2v) is 11.4. The Balaban J connectivity index is 1.09. The third-order valence-electron chi connectivity index (χ3n) is 8.32. The monoisotopic (exact) mass is 655 g/mol. The van der Waals surface area contributed by atoms with Crippen molar-refractivity contribution in [2.45, 2.75) is 38.7 Å². The maximum absolute atomic E-state index is 13.6. The van der Waals surface area contributed by atoms with Crippen LogP contribution in [0.25, 0.3) is 11.0 Å². The number of ether oxygens (including phenoxy) is 4. The molecular formula is C34H37N7O7. The van der Waals surface area contributed by atoms with E-state index in [2.05, 4.69) is 15.3 Å². The van der Waals surface area contributed by atoms with Gasteiger partial charge < -0.3 is 34.6 Å². The summed E-state index contributed by atoms with van der Waals surface area (Å²) in [6.07, 6.45) is 0.935. The van der Waals surface area contributed by atoms with E-state index < -0.39 is 12.2 Å². The van der Waals surface area contributed by atoms with Crippen molar-refractivity contribution in [2.24, 2.45) is 23.7 Å². The smallest absolute Gasteiger partial charge is 0.435 e. The molecule has 0 spiro atoms. The number of hydrogen-bond acceptors (Lipinski definition) is 10. The topological polar surface area (TPSA) is 172 Å². The average Bonchev–Trinajstić information content (AvgIpc) is 3.80. The fraction of sp³-hybridized carbons (Fsp3) is 0.353. The molecule has 48 heavy (non-hydrogen) atoms. The number of aromatic nitrogens is 3. The van der Waals surface area contributed by atoms with E-state index in [4.69, 9.17) is 29.7 Å². The van der Waals surface area contributed by atoms with Gasteiger partial charge in [0.15, 0.2) is 6.29 Å². The maximum Gasteiger partial charge on any atom is 0.435 e. The minimum atomic E-state index is -0.760. The van der Waals surface area contributed by atoms with Crippen LogP contribution in [0, 0.1) is 5.92 Å². The maximum atomic E-state index is 13.6. The predicted molar refractivity (Wildman–Crippen MR) is 176 cm³/mol. The van der Waals surface area contributed by atoms with Crippen molar-refractivity contribution in [2.75, 3.05) is 36.6 Å². The molecule has 4 heterocycles. The number of rotatable bonds is 11. The van der Waals surface area contributed by atoms with Crippen molar-refractivity contribution in [3.05, 3.63) is 83.8 Å². The van der Waals surface area contributed by atoms with Crippen molar-refractivity contribution in [3.8, 4) is 0 Å². The van der Waals surface area contributed by atoms with Gasteiger partial charge in [0.1, 0.15) is 23.6 Å². The molecule has 0 saturated carbocycles. The summed E-state index contributed by atoms with van der Waals surface area (Å²) in [4.78, 5) is 52.6. The lowest BCUT2D eigenvalue weighted by Gasteiger charge is -2.21. The van der Waals surface area contributed by atoms with Gasteiger partial charge in [-0.25, -0.2) is 14.8 Å². The Morgan fingerprint density at radius 2 is 1.92 bits per heavy atom. The molecule has 250 valence electrons. The lowest BCUT2D eigenvalue weighted by atomic mass is 10.0. The lowest BCUT2D eigenvalue weighted by Crippen LogP contribution is -2.34. The highest BCUT2D eigenvalue weighted by Gasteiger charge is 2.43. The summed E-state index contributed by atoms with van der Waals surface area (Å²) in [7, 11) is 1.91. The quantitative estimate of drug-likeness (QED) is 0.137. The van der Waals surface area contributed by atoms with E-state index in [1.165, 1.54) is 4.90 Å². The zero-order valence-electron chi connectivity index (χ0n) is 26.7. The summed E-state index contributed by atoms with van der Waals surface area (Å²) < 4.78 is 23.4. The van der Waals surface area contributed by atoms with Crippen molar-refractivity contribution >= 4 is 46.3 Å². The Kier molecular flexibility index (Phi) is 9.92. The van der Waals surface area contributed by atoms with E-state index in [1.54, 1.807) is 55.6 Å². The fourth-order valence-corrected chi connectivity index (χ4v) is 5.77. The Labute approximate surface area is 276 Å². The number of pyridine rings is 1.